The maximum absolute atomic E-state index is 8.64. The predicted octanol–water partition coefficient (Wildman–Crippen LogP) is -20.3. The van der Waals surface area contributed by atoms with Gasteiger partial charge in [-0.15, -0.1) is 0 Å². The van der Waals surface area contributed by atoms with Gasteiger partial charge in [0, 0.05) is 0 Å². The third kappa shape index (κ3) is 1220. The molecule has 28 heavy (non-hydrogen) atoms. The van der Waals surface area contributed by atoms with Gasteiger partial charge in [0.1, 0.15) is 0 Å². The SMILES string of the molecule is [Nb+5].[Nb+5].[Nb+5].[O]=[Sb]([O-])([O-])[O-].[O]=[Sb]([O-])([O-])[O-].[O]=[Sb]([O-])([O-])[O-].[O]=[Sb]([O-])([O-])[O-].[O]=[Sb]([O-])([O-])[O-]. The second kappa shape index (κ2) is 24.8. The molecule has 28 heteroatoms. The molecule has 0 fully saturated rings. The van der Waals surface area contributed by atoms with Crippen LogP contribution in [0.25, 0.3) is 0 Å². The summed E-state index contributed by atoms with van der Waals surface area (Å²) in [6, 6.07) is 0. The normalized spacial score (nSPS) is 10.5. The first-order chi connectivity index (χ1) is 10.0. The summed E-state index contributed by atoms with van der Waals surface area (Å²) in [5, 5.41) is 0. The minimum atomic E-state index is -6.10. The van der Waals surface area contributed by atoms with E-state index in [1.54, 1.807) is 0 Å². The van der Waals surface area contributed by atoms with E-state index in [1.165, 1.54) is 0 Å². The number of hydrogen-bond donors (Lipinski definition) is 0. The van der Waals surface area contributed by atoms with Crippen LogP contribution in [0.2, 0.25) is 0 Å². The average Bonchev–Trinajstić information content (AvgIpc) is 1.79. The molecule has 0 spiro atoms. The number of rotatable bonds is 0. The Kier molecular flexibility index (Phi) is 47.8. The number of hydrogen-bond acceptors (Lipinski definition) is 20. The molecule has 0 heterocycles. The van der Waals surface area contributed by atoms with Crippen molar-refractivity contribution in [1.29, 1.82) is 0 Å². The molecule has 0 aromatic rings. The molecule has 20 nitrogen and oxygen atoms in total. The molecule has 0 aliphatic rings. The van der Waals surface area contributed by atoms with Gasteiger partial charge in [0.15, 0.2) is 0 Å². The van der Waals surface area contributed by atoms with Crippen LogP contribution in [0, 0.1) is 0 Å². The molecule has 0 saturated heterocycles. The van der Waals surface area contributed by atoms with E-state index in [2.05, 4.69) is 0 Å². The fourth-order valence-electron chi connectivity index (χ4n) is 0. The first-order valence-electron chi connectivity index (χ1n) is 3.65. The first kappa shape index (κ1) is 53.9. The summed E-state index contributed by atoms with van der Waals surface area (Å²) in [6.45, 7) is 0. The third-order valence-electron chi connectivity index (χ3n) is 0. The summed E-state index contributed by atoms with van der Waals surface area (Å²) in [5.74, 6) is 0. The molecule has 0 aromatic carbocycles. The molecule has 0 bridgehead atoms. The Morgan fingerprint density at radius 1 is 0.250 bits per heavy atom. The Morgan fingerprint density at radius 3 is 0.250 bits per heavy atom. The second-order valence-corrected chi connectivity index (χ2v) is 15.0. The summed E-state index contributed by atoms with van der Waals surface area (Å²) < 4.78 is 173. The first-order valence-corrected chi connectivity index (χ1v) is 24.5. The van der Waals surface area contributed by atoms with E-state index in [-0.39, 0.29) is 67.1 Å². The molecule has 0 rings (SSSR count). The van der Waals surface area contributed by atoms with Gasteiger partial charge >= 0.3 is 233 Å². The van der Waals surface area contributed by atoms with Gasteiger partial charge in [-0.1, -0.05) is 0 Å². The standard InChI is InChI=1S/3Nb.20O.5Sb/q3*+5;;;;;;15*-1;;;;;. The van der Waals surface area contributed by atoms with Gasteiger partial charge < -0.3 is 0 Å². The summed E-state index contributed by atoms with van der Waals surface area (Å²) >= 11 is -30.5. The van der Waals surface area contributed by atoms with Gasteiger partial charge in [0.05, 0.1) is 0 Å². The van der Waals surface area contributed by atoms with E-state index < -0.39 is 100 Å². The van der Waals surface area contributed by atoms with Gasteiger partial charge in [-0.05, 0) is 0 Å². The zero-order chi connectivity index (χ0) is 22.5. The van der Waals surface area contributed by atoms with Crippen LogP contribution < -0.4 is 50.8 Å². The Hall–Kier alpha value is 4.71. The summed E-state index contributed by atoms with van der Waals surface area (Å²) in [5.41, 5.74) is 0. The maximum atomic E-state index is 8.64. The van der Waals surface area contributed by atoms with Crippen LogP contribution in [0.1, 0.15) is 0 Å². The van der Waals surface area contributed by atoms with Crippen LogP contribution in [0.3, 0.4) is 0 Å². The quantitative estimate of drug-likeness (QED) is 0.203. The van der Waals surface area contributed by atoms with Crippen LogP contribution >= 0.6 is 0 Å². The fraction of sp³-hybridized carbons (Fsp3) is 0. The van der Waals surface area contributed by atoms with Crippen molar-refractivity contribution in [2.75, 3.05) is 0 Å². The molecule has 0 aliphatic carbocycles. The molecule has 0 saturated carbocycles. The molecule has 160 valence electrons. The van der Waals surface area contributed by atoms with E-state index in [4.69, 9.17) is 65.9 Å². The van der Waals surface area contributed by atoms with Crippen LogP contribution in [0.5, 0.6) is 0 Å². The van der Waals surface area contributed by atoms with Crippen molar-refractivity contribution in [2.24, 2.45) is 0 Å². The van der Waals surface area contributed by atoms with Gasteiger partial charge in [-0.3, -0.25) is 0 Å². The Balaban J connectivity index is -0.0000000290. The fourth-order valence-corrected chi connectivity index (χ4v) is 0. The van der Waals surface area contributed by atoms with Crippen LogP contribution in [-0.2, 0) is 82.2 Å². The van der Waals surface area contributed by atoms with E-state index in [0.29, 0.717) is 0 Å². The topological polar surface area (TPSA) is 431 Å². The van der Waals surface area contributed by atoms with Crippen molar-refractivity contribution in [1.82, 2.24) is 0 Å². The van der Waals surface area contributed by atoms with Crippen molar-refractivity contribution in [2.45, 2.75) is 0 Å². The van der Waals surface area contributed by atoms with Gasteiger partial charge in [-0.25, -0.2) is 0 Å². The minimum absolute atomic E-state index is 0. The van der Waals surface area contributed by atoms with Crippen molar-refractivity contribution in [3.05, 3.63) is 0 Å². The zero-order valence-corrected chi connectivity index (χ0v) is 31.1. The summed E-state index contributed by atoms with van der Waals surface area (Å²) in [4.78, 5) is 0. The Morgan fingerprint density at radius 2 is 0.250 bits per heavy atom. The predicted molar refractivity (Wildman–Crippen MR) is 32.2 cm³/mol. The van der Waals surface area contributed by atoms with E-state index in [9.17, 15) is 0 Å². The van der Waals surface area contributed by atoms with Crippen molar-refractivity contribution in [3.63, 3.8) is 0 Å². The third-order valence-corrected chi connectivity index (χ3v) is 0. The summed E-state index contributed by atoms with van der Waals surface area (Å²) in [6.07, 6.45) is 0. The molecule has 0 unspecified atom stereocenters. The molecule has 0 aliphatic heterocycles. The van der Waals surface area contributed by atoms with Gasteiger partial charge in [0.25, 0.3) is 0 Å². The molecular weight excluding hydrogens is 1210 g/mol. The zero-order valence-electron chi connectivity index (χ0n) is 11.7. The molecule has 0 aromatic heterocycles. The monoisotopic (exact) mass is 1200 g/mol. The molecule has 0 radical (unpaired) electrons. The van der Waals surface area contributed by atoms with E-state index in [0.717, 1.165) is 0 Å². The molecule has 0 atom stereocenters. The van der Waals surface area contributed by atoms with Crippen molar-refractivity contribution < 1.29 is 133 Å². The van der Waals surface area contributed by atoms with E-state index >= 15 is 0 Å². The Bertz CT molecular complexity index is 379. The van der Waals surface area contributed by atoms with Crippen LogP contribution in [-0.4, -0.2) is 100 Å². The van der Waals surface area contributed by atoms with Crippen LogP contribution in [0.4, 0.5) is 0 Å². The molecular formula is Nb3O20Sb5. The molecule has 0 amide bonds. The second-order valence-electron chi connectivity index (χ2n) is 2.24. The average molecular weight is 1210 g/mol. The van der Waals surface area contributed by atoms with Crippen molar-refractivity contribution in [3.8, 4) is 0 Å². The van der Waals surface area contributed by atoms with Gasteiger partial charge in [0.2, 0.25) is 0 Å². The Labute approximate surface area is 228 Å². The van der Waals surface area contributed by atoms with Crippen molar-refractivity contribution >= 4 is 100 Å². The van der Waals surface area contributed by atoms with Gasteiger partial charge in [-0.2, -0.15) is 0 Å². The molecule has 0 N–H and O–H groups in total. The van der Waals surface area contributed by atoms with E-state index in [1.807, 2.05) is 0 Å². The van der Waals surface area contributed by atoms with Crippen LogP contribution in [0.15, 0.2) is 0 Å². The summed E-state index contributed by atoms with van der Waals surface area (Å²) in [7, 11) is 0.